The molecule has 116 valence electrons. The Bertz CT molecular complexity index is 305. The van der Waals surface area contributed by atoms with Crippen LogP contribution < -0.4 is 10.6 Å². The summed E-state index contributed by atoms with van der Waals surface area (Å²) in [7, 11) is 0. The lowest BCUT2D eigenvalue weighted by atomic mass is 10.1. The van der Waals surface area contributed by atoms with E-state index in [-0.39, 0.29) is 24.0 Å². The van der Waals surface area contributed by atoms with E-state index in [9.17, 15) is 0 Å². The Morgan fingerprint density at radius 3 is 2.60 bits per heavy atom. The van der Waals surface area contributed by atoms with Gasteiger partial charge in [0.2, 0.25) is 0 Å². The van der Waals surface area contributed by atoms with E-state index in [1.807, 2.05) is 0 Å². The van der Waals surface area contributed by atoms with Crippen LogP contribution in [0.25, 0.3) is 0 Å². The van der Waals surface area contributed by atoms with E-state index in [0.29, 0.717) is 12.5 Å². The Kier molecular flexibility index (Phi) is 12.0. The minimum Gasteiger partial charge on any atom is -0.357 e. The molecule has 1 atom stereocenters. The summed E-state index contributed by atoms with van der Waals surface area (Å²) in [5, 5.41) is 6.32. The van der Waals surface area contributed by atoms with E-state index < -0.39 is 0 Å². The molecule has 1 aliphatic heterocycles. The van der Waals surface area contributed by atoms with E-state index >= 15 is 0 Å². The van der Waals surface area contributed by atoms with E-state index in [1.165, 1.54) is 32.4 Å². The summed E-state index contributed by atoms with van der Waals surface area (Å²) in [6.07, 6.45) is 9.34. The van der Waals surface area contributed by atoms with Gasteiger partial charge >= 0.3 is 0 Å². The monoisotopic (exact) mass is 392 g/mol. The molecule has 1 heterocycles. The van der Waals surface area contributed by atoms with Crippen molar-refractivity contribution in [3.8, 4) is 12.3 Å². The van der Waals surface area contributed by atoms with Crippen LogP contribution in [-0.2, 0) is 0 Å². The molecule has 0 aromatic heterocycles. The number of rotatable bonds is 6. The minimum atomic E-state index is 0. The Hall–Kier alpha value is -0.480. The Morgan fingerprint density at radius 2 is 2.00 bits per heavy atom. The molecule has 2 N–H and O–H groups in total. The number of terminal acetylenes is 1. The Morgan fingerprint density at radius 1 is 1.30 bits per heavy atom. The highest BCUT2D eigenvalue weighted by atomic mass is 127. The average molecular weight is 392 g/mol. The predicted octanol–water partition coefficient (Wildman–Crippen LogP) is 1.91. The number of hydrogen-bond donors (Lipinski definition) is 2. The summed E-state index contributed by atoms with van der Waals surface area (Å²) in [6, 6.07) is 0. The maximum Gasteiger partial charge on any atom is 0.192 e. The smallest absolute Gasteiger partial charge is 0.192 e. The lowest BCUT2D eigenvalue weighted by Gasteiger charge is -2.28. The minimum absolute atomic E-state index is 0. The van der Waals surface area contributed by atoms with E-state index in [2.05, 4.69) is 40.3 Å². The molecule has 0 spiro atoms. The van der Waals surface area contributed by atoms with Crippen LogP contribution in [0, 0.1) is 18.3 Å². The fourth-order valence-electron chi connectivity index (χ4n) is 2.36. The maximum atomic E-state index is 5.25. The molecule has 0 bridgehead atoms. The van der Waals surface area contributed by atoms with Crippen LogP contribution in [0.1, 0.15) is 33.1 Å². The SMILES string of the molecule is C#CCNC(=NCC(C)CN1CCCCC1)NCC.I. The van der Waals surface area contributed by atoms with Crippen LogP contribution in [0.5, 0.6) is 0 Å². The molecule has 0 saturated carbocycles. The predicted molar refractivity (Wildman–Crippen MR) is 97.7 cm³/mol. The van der Waals surface area contributed by atoms with Crippen LogP contribution in [-0.4, -0.2) is 50.1 Å². The zero-order valence-corrected chi connectivity index (χ0v) is 15.2. The van der Waals surface area contributed by atoms with Gasteiger partial charge in [0.15, 0.2) is 5.96 Å². The number of likely N-dealkylation sites (tertiary alicyclic amines) is 1. The number of halogens is 1. The highest BCUT2D eigenvalue weighted by Crippen LogP contribution is 2.10. The summed E-state index contributed by atoms with van der Waals surface area (Å²) in [4.78, 5) is 7.15. The van der Waals surface area contributed by atoms with E-state index in [4.69, 9.17) is 6.42 Å². The fourth-order valence-corrected chi connectivity index (χ4v) is 2.36. The standard InChI is InChI=1S/C15H28N4.HI/c1-4-9-17-15(16-5-2)18-12-14(3)13-19-10-7-6-8-11-19;/h1,14H,5-13H2,2-3H3,(H2,16,17,18);1H. The molecule has 5 heteroatoms. The molecule has 0 aromatic carbocycles. The van der Waals surface area contributed by atoms with Gasteiger partial charge in [-0.1, -0.05) is 19.3 Å². The van der Waals surface area contributed by atoms with Crippen LogP contribution >= 0.6 is 24.0 Å². The number of aliphatic imine (C=N–C) groups is 1. The molecular weight excluding hydrogens is 363 g/mol. The molecule has 0 aliphatic carbocycles. The maximum absolute atomic E-state index is 5.25. The topological polar surface area (TPSA) is 39.7 Å². The average Bonchev–Trinajstić information content (AvgIpc) is 2.43. The molecule has 4 nitrogen and oxygen atoms in total. The van der Waals surface area contributed by atoms with Crippen LogP contribution in [0.4, 0.5) is 0 Å². The van der Waals surface area contributed by atoms with Crippen molar-refractivity contribution in [2.24, 2.45) is 10.9 Å². The van der Waals surface area contributed by atoms with Crippen molar-refractivity contribution >= 4 is 29.9 Å². The molecule has 20 heavy (non-hydrogen) atoms. The highest BCUT2D eigenvalue weighted by molar-refractivity contribution is 14.0. The van der Waals surface area contributed by atoms with Crippen molar-refractivity contribution in [2.45, 2.75) is 33.1 Å². The van der Waals surface area contributed by atoms with E-state index in [1.54, 1.807) is 0 Å². The second-order valence-corrected chi connectivity index (χ2v) is 5.24. The van der Waals surface area contributed by atoms with Gasteiger partial charge in [-0.05, 0) is 38.8 Å². The summed E-state index contributed by atoms with van der Waals surface area (Å²) in [5.74, 6) is 3.98. The molecular formula is C15H29IN4. The van der Waals surface area contributed by atoms with Gasteiger partial charge in [0.25, 0.3) is 0 Å². The molecule has 1 rings (SSSR count). The third-order valence-electron chi connectivity index (χ3n) is 3.28. The second kappa shape index (κ2) is 12.3. The molecule has 0 amide bonds. The first-order valence-corrected chi connectivity index (χ1v) is 7.44. The van der Waals surface area contributed by atoms with Gasteiger partial charge in [0, 0.05) is 19.6 Å². The normalized spacial score (nSPS) is 17.8. The molecule has 1 fully saturated rings. The van der Waals surface area contributed by atoms with Crippen LogP contribution in [0.2, 0.25) is 0 Å². The van der Waals surface area contributed by atoms with Crippen LogP contribution in [0.3, 0.4) is 0 Å². The number of nitrogens with zero attached hydrogens (tertiary/aromatic N) is 2. The van der Waals surface area contributed by atoms with Gasteiger partial charge in [-0.2, -0.15) is 0 Å². The quantitative estimate of drug-likeness (QED) is 0.314. The van der Waals surface area contributed by atoms with Gasteiger partial charge in [0.1, 0.15) is 0 Å². The zero-order chi connectivity index (χ0) is 13.9. The molecule has 1 saturated heterocycles. The molecule has 0 radical (unpaired) electrons. The Labute approximate surface area is 141 Å². The van der Waals surface area contributed by atoms with Gasteiger partial charge in [-0.15, -0.1) is 30.4 Å². The van der Waals surface area contributed by atoms with E-state index in [0.717, 1.165) is 25.6 Å². The van der Waals surface area contributed by atoms with Crippen molar-refractivity contribution in [3.05, 3.63) is 0 Å². The summed E-state index contributed by atoms with van der Waals surface area (Å²) >= 11 is 0. The summed E-state index contributed by atoms with van der Waals surface area (Å²) in [6.45, 7) is 10.2. The molecule has 1 aliphatic rings. The summed E-state index contributed by atoms with van der Waals surface area (Å²) < 4.78 is 0. The van der Waals surface area contributed by atoms with Crippen molar-refractivity contribution in [3.63, 3.8) is 0 Å². The van der Waals surface area contributed by atoms with Gasteiger partial charge < -0.3 is 15.5 Å². The lowest BCUT2D eigenvalue weighted by Crippen LogP contribution is -2.38. The fraction of sp³-hybridized carbons (Fsp3) is 0.800. The lowest BCUT2D eigenvalue weighted by molar-refractivity contribution is 0.203. The highest BCUT2D eigenvalue weighted by Gasteiger charge is 2.13. The largest absolute Gasteiger partial charge is 0.357 e. The number of guanidine groups is 1. The number of hydrogen-bond acceptors (Lipinski definition) is 2. The van der Waals surface area contributed by atoms with Crippen LogP contribution in [0.15, 0.2) is 4.99 Å². The number of nitrogens with one attached hydrogen (secondary N) is 2. The third kappa shape index (κ3) is 8.64. The number of piperidine rings is 1. The summed E-state index contributed by atoms with van der Waals surface area (Å²) in [5.41, 5.74) is 0. The van der Waals surface area contributed by atoms with Gasteiger partial charge in [0.05, 0.1) is 6.54 Å². The van der Waals surface area contributed by atoms with Crippen molar-refractivity contribution in [1.82, 2.24) is 15.5 Å². The zero-order valence-electron chi connectivity index (χ0n) is 12.8. The first-order valence-electron chi connectivity index (χ1n) is 7.44. The molecule has 1 unspecified atom stereocenters. The first kappa shape index (κ1) is 19.5. The van der Waals surface area contributed by atoms with Gasteiger partial charge in [-0.25, -0.2) is 0 Å². The Balaban J connectivity index is 0.00000361. The second-order valence-electron chi connectivity index (χ2n) is 5.24. The first-order chi connectivity index (χ1) is 9.26. The third-order valence-corrected chi connectivity index (χ3v) is 3.28. The molecule has 0 aromatic rings. The van der Waals surface area contributed by atoms with Crippen molar-refractivity contribution in [1.29, 1.82) is 0 Å². The van der Waals surface area contributed by atoms with Crippen molar-refractivity contribution < 1.29 is 0 Å². The van der Waals surface area contributed by atoms with Gasteiger partial charge in [-0.3, -0.25) is 4.99 Å². The van der Waals surface area contributed by atoms with Crippen molar-refractivity contribution in [2.75, 3.05) is 39.3 Å².